The molecule has 3 rings (SSSR count). The number of ether oxygens (including phenoxy) is 1. The van der Waals surface area contributed by atoms with Crippen LogP contribution in [0.2, 0.25) is 0 Å². The lowest BCUT2D eigenvalue weighted by atomic mass is 9.91. The minimum absolute atomic E-state index is 0.0271. The number of carbonyl (C=O) groups excluding carboxylic acids is 1. The average molecular weight is 343 g/mol. The van der Waals surface area contributed by atoms with Gasteiger partial charge in [-0.2, -0.15) is 0 Å². The molecule has 0 saturated heterocycles. The number of nitrogens with one attached hydrogen (secondary N) is 2. The molecule has 4 nitrogen and oxygen atoms in total. The summed E-state index contributed by atoms with van der Waals surface area (Å²) in [5.41, 5.74) is 3.33. The lowest BCUT2D eigenvalue weighted by Gasteiger charge is -2.18. The van der Waals surface area contributed by atoms with E-state index in [4.69, 9.17) is 16.3 Å². The van der Waals surface area contributed by atoms with Crippen molar-refractivity contribution in [1.82, 2.24) is 10.3 Å². The first-order chi connectivity index (χ1) is 11.7. The van der Waals surface area contributed by atoms with Crippen molar-refractivity contribution in [3.8, 4) is 5.75 Å². The predicted molar refractivity (Wildman–Crippen MR) is 96.9 cm³/mol. The number of H-pyrrole nitrogens is 1. The zero-order valence-corrected chi connectivity index (χ0v) is 14.1. The third-order valence-electron chi connectivity index (χ3n) is 4.14. The van der Waals surface area contributed by atoms with Gasteiger partial charge in [0.05, 0.1) is 7.11 Å². The molecule has 2 aromatic carbocycles. The van der Waals surface area contributed by atoms with E-state index in [1.54, 1.807) is 7.11 Å². The first-order valence-corrected chi connectivity index (χ1v) is 8.29. The van der Waals surface area contributed by atoms with Crippen molar-refractivity contribution in [2.75, 3.05) is 19.5 Å². The molecule has 0 radical (unpaired) electrons. The Kier molecular flexibility index (Phi) is 5.06. The van der Waals surface area contributed by atoms with E-state index in [1.165, 1.54) is 0 Å². The van der Waals surface area contributed by atoms with E-state index < -0.39 is 0 Å². The molecule has 2 N–H and O–H groups in total. The maximum absolute atomic E-state index is 11.6. The van der Waals surface area contributed by atoms with Crippen LogP contribution < -0.4 is 10.1 Å². The van der Waals surface area contributed by atoms with E-state index in [2.05, 4.69) is 16.4 Å². The van der Waals surface area contributed by atoms with Gasteiger partial charge in [-0.15, -0.1) is 11.6 Å². The third-order valence-corrected chi connectivity index (χ3v) is 4.38. The van der Waals surface area contributed by atoms with E-state index in [0.717, 1.165) is 27.8 Å². The van der Waals surface area contributed by atoms with Crippen molar-refractivity contribution < 1.29 is 9.53 Å². The van der Waals surface area contributed by atoms with Crippen molar-refractivity contribution in [3.63, 3.8) is 0 Å². The second kappa shape index (κ2) is 7.41. The van der Waals surface area contributed by atoms with Crippen molar-refractivity contribution >= 4 is 28.4 Å². The van der Waals surface area contributed by atoms with E-state index in [0.29, 0.717) is 6.54 Å². The number of hydrogen-bond donors (Lipinski definition) is 2. The standard InChI is InChI=1S/C19H19ClN2O2/c1-24-14-8-6-13(7-9-14)16(11-22-19(23)10-20)17-12-21-18-5-3-2-4-15(17)18/h2-9,12,16,21H,10-11H2,1H3,(H,22,23)/t16-/m1/s1. The molecule has 0 aliphatic heterocycles. The highest BCUT2D eigenvalue weighted by Gasteiger charge is 2.19. The number of fused-ring (bicyclic) bond motifs is 1. The minimum atomic E-state index is -0.171. The topological polar surface area (TPSA) is 54.1 Å². The molecule has 0 fully saturated rings. The van der Waals surface area contributed by atoms with Crippen LogP contribution in [0.1, 0.15) is 17.0 Å². The van der Waals surface area contributed by atoms with Gasteiger partial charge in [-0.1, -0.05) is 30.3 Å². The predicted octanol–water partition coefficient (Wildman–Crippen LogP) is 3.66. The van der Waals surface area contributed by atoms with Gasteiger partial charge in [-0.25, -0.2) is 0 Å². The maximum Gasteiger partial charge on any atom is 0.234 e. The van der Waals surface area contributed by atoms with E-state index in [1.807, 2.05) is 48.7 Å². The lowest BCUT2D eigenvalue weighted by molar-refractivity contribution is -0.118. The summed E-state index contributed by atoms with van der Waals surface area (Å²) in [6, 6.07) is 16.1. The van der Waals surface area contributed by atoms with Gasteiger partial charge in [0.15, 0.2) is 0 Å². The fraction of sp³-hybridized carbons (Fsp3) is 0.211. The van der Waals surface area contributed by atoms with Crippen LogP contribution in [0.5, 0.6) is 5.75 Å². The van der Waals surface area contributed by atoms with E-state index in [-0.39, 0.29) is 17.7 Å². The van der Waals surface area contributed by atoms with Crippen LogP contribution in [0.4, 0.5) is 0 Å². The lowest BCUT2D eigenvalue weighted by Crippen LogP contribution is -2.29. The molecule has 0 saturated carbocycles. The number of hydrogen-bond acceptors (Lipinski definition) is 2. The van der Waals surface area contributed by atoms with Gasteiger partial charge < -0.3 is 15.0 Å². The fourth-order valence-corrected chi connectivity index (χ4v) is 2.98. The Balaban J connectivity index is 1.98. The number of aromatic amines is 1. The van der Waals surface area contributed by atoms with Crippen LogP contribution in [0.15, 0.2) is 54.7 Å². The minimum Gasteiger partial charge on any atom is -0.497 e. The molecule has 24 heavy (non-hydrogen) atoms. The molecular formula is C19H19ClN2O2. The largest absolute Gasteiger partial charge is 0.497 e. The Hall–Kier alpha value is -2.46. The van der Waals surface area contributed by atoms with Crippen LogP contribution >= 0.6 is 11.6 Å². The molecule has 1 heterocycles. The van der Waals surface area contributed by atoms with Gasteiger partial charge in [0.1, 0.15) is 11.6 Å². The van der Waals surface area contributed by atoms with Gasteiger partial charge >= 0.3 is 0 Å². The number of halogens is 1. The summed E-state index contributed by atoms with van der Waals surface area (Å²) in [5, 5.41) is 4.05. The molecule has 1 amide bonds. The quantitative estimate of drug-likeness (QED) is 0.672. The van der Waals surface area contributed by atoms with Crippen molar-refractivity contribution in [2.24, 2.45) is 0 Å². The number of aromatic nitrogens is 1. The zero-order valence-electron chi connectivity index (χ0n) is 13.4. The number of carbonyl (C=O) groups is 1. The Labute approximate surface area is 145 Å². The fourth-order valence-electron chi connectivity index (χ4n) is 2.89. The number of alkyl halides is 1. The number of rotatable bonds is 6. The zero-order chi connectivity index (χ0) is 16.9. The molecule has 124 valence electrons. The highest BCUT2D eigenvalue weighted by Crippen LogP contribution is 2.31. The van der Waals surface area contributed by atoms with Gasteiger partial charge in [0.2, 0.25) is 5.91 Å². The molecule has 0 aliphatic carbocycles. The summed E-state index contributed by atoms with van der Waals surface area (Å²) in [5.74, 6) is 0.624. The van der Waals surface area contributed by atoms with Crippen LogP contribution in [-0.2, 0) is 4.79 Å². The monoisotopic (exact) mass is 342 g/mol. The molecule has 3 aromatic rings. The summed E-state index contributed by atoms with van der Waals surface area (Å²) in [7, 11) is 1.65. The summed E-state index contributed by atoms with van der Waals surface area (Å²) < 4.78 is 5.23. The van der Waals surface area contributed by atoms with Gasteiger partial charge in [0, 0.05) is 29.6 Å². The highest BCUT2D eigenvalue weighted by molar-refractivity contribution is 6.27. The molecule has 5 heteroatoms. The number of benzene rings is 2. The third kappa shape index (κ3) is 3.39. The van der Waals surface area contributed by atoms with Crippen molar-refractivity contribution in [2.45, 2.75) is 5.92 Å². The summed E-state index contributed by atoms with van der Waals surface area (Å²) >= 11 is 5.61. The van der Waals surface area contributed by atoms with Crippen molar-refractivity contribution in [3.05, 3.63) is 65.9 Å². The summed E-state index contributed by atoms with van der Waals surface area (Å²) in [4.78, 5) is 14.9. The van der Waals surface area contributed by atoms with Crippen LogP contribution in [-0.4, -0.2) is 30.4 Å². The maximum atomic E-state index is 11.6. The molecule has 0 bridgehead atoms. The highest BCUT2D eigenvalue weighted by atomic mass is 35.5. The molecular weight excluding hydrogens is 324 g/mol. The number of methoxy groups -OCH3 is 1. The first kappa shape index (κ1) is 16.4. The Bertz CT molecular complexity index is 827. The Morgan fingerprint density at radius 2 is 1.96 bits per heavy atom. The Morgan fingerprint density at radius 1 is 1.21 bits per heavy atom. The second-order valence-electron chi connectivity index (χ2n) is 5.55. The smallest absolute Gasteiger partial charge is 0.234 e. The molecule has 0 unspecified atom stereocenters. The summed E-state index contributed by atoms with van der Waals surface area (Å²) in [6.45, 7) is 0.486. The van der Waals surface area contributed by atoms with Gasteiger partial charge in [0.25, 0.3) is 0 Å². The summed E-state index contributed by atoms with van der Waals surface area (Å²) in [6.07, 6.45) is 2.01. The van der Waals surface area contributed by atoms with Crippen LogP contribution in [0.25, 0.3) is 10.9 Å². The first-order valence-electron chi connectivity index (χ1n) is 7.75. The SMILES string of the molecule is COc1ccc([C@@H](CNC(=O)CCl)c2c[nH]c3ccccc23)cc1. The second-order valence-corrected chi connectivity index (χ2v) is 5.82. The van der Waals surface area contributed by atoms with E-state index >= 15 is 0 Å². The average Bonchev–Trinajstić information content (AvgIpc) is 3.06. The normalized spacial score (nSPS) is 12.1. The number of para-hydroxylation sites is 1. The van der Waals surface area contributed by atoms with Crippen LogP contribution in [0.3, 0.4) is 0 Å². The molecule has 1 aromatic heterocycles. The molecule has 0 aliphatic rings. The van der Waals surface area contributed by atoms with Gasteiger partial charge in [-0.05, 0) is 29.3 Å². The number of amides is 1. The van der Waals surface area contributed by atoms with Crippen molar-refractivity contribution in [1.29, 1.82) is 0 Å². The Morgan fingerprint density at radius 3 is 2.67 bits per heavy atom. The van der Waals surface area contributed by atoms with Gasteiger partial charge in [-0.3, -0.25) is 4.79 Å². The molecule has 0 spiro atoms. The van der Waals surface area contributed by atoms with E-state index in [9.17, 15) is 4.79 Å². The molecule has 1 atom stereocenters. The van der Waals surface area contributed by atoms with Crippen LogP contribution in [0, 0.1) is 0 Å².